The summed E-state index contributed by atoms with van der Waals surface area (Å²) < 4.78 is 2.50. The molecule has 0 bridgehead atoms. The van der Waals surface area contributed by atoms with E-state index in [1.165, 1.54) is 0 Å². The third-order valence-electron chi connectivity index (χ3n) is 1.65. The fraction of sp³-hybridized carbons (Fsp3) is 0.571. The van der Waals surface area contributed by atoms with E-state index in [0.717, 1.165) is 10.2 Å². The van der Waals surface area contributed by atoms with Crippen LogP contribution >= 0.6 is 15.9 Å². The van der Waals surface area contributed by atoms with Crippen molar-refractivity contribution in [2.45, 2.75) is 6.10 Å². The van der Waals surface area contributed by atoms with Gasteiger partial charge >= 0.3 is 0 Å². The van der Waals surface area contributed by atoms with E-state index < -0.39 is 6.10 Å². The summed E-state index contributed by atoms with van der Waals surface area (Å²) in [6.45, 7) is 0.532. The first kappa shape index (κ1) is 9.70. The van der Waals surface area contributed by atoms with Crippen LogP contribution in [-0.2, 0) is 7.05 Å². The van der Waals surface area contributed by atoms with Gasteiger partial charge in [0.05, 0.1) is 12.3 Å². The van der Waals surface area contributed by atoms with Crippen molar-refractivity contribution in [1.82, 2.24) is 15.1 Å². The molecule has 0 radical (unpaired) electrons. The zero-order valence-electron chi connectivity index (χ0n) is 7.08. The number of likely N-dealkylation sites (N-methyl/N-ethyl adjacent to an activating group) is 1. The number of nitrogens with zero attached hydrogens (tertiary/aromatic N) is 2. The average Bonchev–Trinajstić information content (AvgIpc) is 2.34. The average molecular weight is 234 g/mol. The van der Waals surface area contributed by atoms with Gasteiger partial charge in [0.15, 0.2) is 0 Å². The predicted molar refractivity (Wildman–Crippen MR) is 49.8 cm³/mol. The quantitative estimate of drug-likeness (QED) is 0.797. The number of aromatic nitrogens is 2. The van der Waals surface area contributed by atoms with Gasteiger partial charge in [0, 0.05) is 19.2 Å². The van der Waals surface area contributed by atoms with Crippen molar-refractivity contribution in [3.8, 4) is 0 Å². The molecule has 1 unspecified atom stereocenters. The number of hydrogen-bond acceptors (Lipinski definition) is 3. The van der Waals surface area contributed by atoms with Gasteiger partial charge in [0.1, 0.15) is 4.60 Å². The van der Waals surface area contributed by atoms with Crippen molar-refractivity contribution >= 4 is 15.9 Å². The highest BCUT2D eigenvalue weighted by Crippen LogP contribution is 2.21. The minimum Gasteiger partial charge on any atom is -0.387 e. The molecule has 0 saturated carbocycles. The predicted octanol–water partition coefficient (Wildman–Crippen LogP) is 0.435. The Morgan fingerprint density at radius 2 is 2.50 bits per heavy atom. The monoisotopic (exact) mass is 233 g/mol. The Morgan fingerprint density at radius 1 is 1.83 bits per heavy atom. The molecule has 0 amide bonds. The molecule has 5 heteroatoms. The molecule has 0 saturated heterocycles. The summed E-state index contributed by atoms with van der Waals surface area (Å²) in [6, 6.07) is 0. The SMILES string of the molecule is CNCC(O)c1cnn(C)c1Br. The first-order valence-electron chi connectivity index (χ1n) is 3.67. The van der Waals surface area contributed by atoms with Gasteiger partial charge in [-0.3, -0.25) is 4.68 Å². The Kier molecular flexibility index (Phi) is 3.25. The van der Waals surface area contributed by atoms with E-state index in [4.69, 9.17) is 0 Å². The fourth-order valence-corrected chi connectivity index (χ4v) is 1.42. The Balaban J connectivity index is 2.80. The van der Waals surface area contributed by atoms with Crippen molar-refractivity contribution in [3.05, 3.63) is 16.4 Å². The Bertz CT molecular complexity index is 261. The van der Waals surface area contributed by atoms with Gasteiger partial charge in [-0.2, -0.15) is 5.10 Å². The Morgan fingerprint density at radius 3 is 2.92 bits per heavy atom. The second-order valence-corrected chi connectivity index (χ2v) is 3.34. The highest BCUT2D eigenvalue weighted by atomic mass is 79.9. The van der Waals surface area contributed by atoms with Gasteiger partial charge < -0.3 is 10.4 Å². The van der Waals surface area contributed by atoms with Crippen molar-refractivity contribution in [1.29, 1.82) is 0 Å². The lowest BCUT2D eigenvalue weighted by atomic mass is 10.2. The largest absolute Gasteiger partial charge is 0.387 e. The van der Waals surface area contributed by atoms with Gasteiger partial charge in [-0.25, -0.2) is 0 Å². The van der Waals surface area contributed by atoms with E-state index in [0.29, 0.717) is 6.54 Å². The van der Waals surface area contributed by atoms with Crippen LogP contribution in [-0.4, -0.2) is 28.5 Å². The lowest BCUT2D eigenvalue weighted by Crippen LogP contribution is -2.16. The first-order valence-corrected chi connectivity index (χ1v) is 4.46. The van der Waals surface area contributed by atoms with Gasteiger partial charge in [0.2, 0.25) is 0 Å². The molecule has 0 aromatic carbocycles. The van der Waals surface area contributed by atoms with E-state index in [-0.39, 0.29) is 0 Å². The van der Waals surface area contributed by atoms with Gasteiger partial charge in [-0.05, 0) is 23.0 Å². The number of aryl methyl sites for hydroxylation is 1. The molecule has 12 heavy (non-hydrogen) atoms. The minimum absolute atomic E-state index is 0.502. The van der Waals surface area contributed by atoms with Crippen molar-refractivity contribution in [2.24, 2.45) is 7.05 Å². The summed E-state index contributed by atoms with van der Waals surface area (Å²) in [4.78, 5) is 0. The molecule has 0 spiro atoms. The van der Waals surface area contributed by atoms with E-state index in [9.17, 15) is 5.11 Å². The van der Waals surface area contributed by atoms with E-state index in [1.807, 2.05) is 7.05 Å². The molecule has 0 aliphatic heterocycles. The molecule has 1 aromatic rings. The second kappa shape index (κ2) is 4.02. The standard InChI is InChI=1S/C7H12BrN3O/c1-9-4-6(12)5-3-10-11(2)7(5)8/h3,6,9,12H,4H2,1-2H3. The van der Waals surface area contributed by atoms with Crippen LogP contribution in [0.25, 0.3) is 0 Å². The number of aliphatic hydroxyl groups excluding tert-OH is 1. The molecular formula is C7H12BrN3O. The number of rotatable bonds is 3. The Labute approximate surface area is 79.7 Å². The summed E-state index contributed by atoms with van der Waals surface area (Å²) in [5, 5.41) is 16.5. The first-order chi connectivity index (χ1) is 5.66. The van der Waals surface area contributed by atoms with Crippen LogP contribution in [0.1, 0.15) is 11.7 Å². The highest BCUT2D eigenvalue weighted by molar-refractivity contribution is 9.10. The zero-order chi connectivity index (χ0) is 9.14. The summed E-state index contributed by atoms with van der Waals surface area (Å²) in [5.74, 6) is 0. The molecule has 2 N–H and O–H groups in total. The van der Waals surface area contributed by atoms with Gasteiger partial charge in [0.25, 0.3) is 0 Å². The molecule has 0 aliphatic rings. The third kappa shape index (κ3) is 1.85. The molecule has 1 rings (SSSR count). The van der Waals surface area contributed by atoms with Gasteiger partial charge in [-0.15, -0.1) is 0 Å². The second-order valence-electron chi connectivity index (χ2n) is 2.59. The fourth-order valence-electron chi connectivity index (χ4n) is 0.966. The molecule has 1 heterocycles. The normalized spacial score (nSPS) is 13.3. The summed E-state index contributed by atoms with van der Waals surface area (Å²) in [6.07, 6.45) is 1.16. The lowest BCUT2D eigenvalue weighted by molar-refractivity contribution is 0.177. The van der Waals surface area contributed by atoms with Crippen LogP contribution in [0.2, 0.25) is 0 Å². The molecule has 68 valence electrons. The Hall–Kier alpha value is -0.390. The van der Waals surface area contributed by atoms with Crippen LogP contribution in [0.3, 0.4) is 0 Å². The van der Waals surface area contributed by atoms with Crippen LogP contribution < -0.4 is 5.32 Å². The maximum absolute atomic E-state index is 9.57. The minimum atomic E-state index is -0.502. The highest BCUT2D eigenvalue weighted by Gasteiger charge is 2.13. The summed E-state index contributed by atoms with van der Waals surface area (Å²) in [5.41, 5.74) is 0.812. The van der Waals surface area contributed by atoms with Crippen LogP contribution in [0.5, 0.6) is 0 Å². The van der Waals surface area contributed by atoms with Crippen LogP contribution in [0.15, 0.2) is 10.8 Å². The van der Waals surface area contributed by atoms with E-state index in [1.54, 1.807) is 17.9 Å². The molecule has 1 aromatic heterocycles. The zero-order valence-corrected chi connectivity index (χ0v) is 8.67. The topological polar surface area (TPSA) is 50.1 Å². The third-order valence-corrected chi connectivity index (χ3v) is 2.62. The number of nitrogens with one attached hydrogen (secondary N) is 1. The van der Waals surface area contributed by atoms with Crippen molar-refractivity contribution in [2.75, 3.05) is 13.6 Å². The van der Waals surface area contributed by atoms with Gasteiger partial charge in [-0.1, -0.05) is 0 Å². The lowest BCUT2D eigenvalue weighted by Gasteiger charge is -2.07. The molecule has 4 nitrogen and oxygen atoms in total. The van der Waals surface area contributed by atoms with Crippen molar-refractivity contribution < 1.29 is 5.11 Å². The molecule has 1 atom stereocenters. The van der Waals surface area contributed by atoms with E-state index >= 15 is 0 Å². The summed E-state index contributed by atoms with van der Waals surface area (Å²) >= 11 is 3.33. The van der Waals surface area contributed by atoms with Crippen LogP contribution in [0, 0.1) is 0 Å². The molecular weight excluding hydrogens is 222 g/mol. The summed E-state index contributed by atoms with van der Waals surface area (Å²) in [7, 11) is 3.62. The maximum atomic E-state index is 9.57. The van der Waals surface area contributed by atoms with Crippen molar-refractivity contribution in [3.63, 3.8) is 0 Å². The smallest absolute Gasteiger partial charge is 0.109 e. The number of aliphatic hydroxyl groups is 1. The number of hydrogen-bond donors (Lipinski definition) is 2. The molecule has 0 fully saturated rings. The number of halogens is 1. The van der Waals surface area contributed by atoms with E-state index in [2.05, 4.69) is 26.3 Å². The maximum Gasteiger partial charge on any atom is 0.109 e. The van der Waals surface area contributed by atoms with Crippen LogP contribution in [0.4, 0.5) is 0 Å². The molecule has 0 aliphatic carbocycles.